The minimum absolute atomic E-state index is 1.06. The van der Waals surface area contributed by atoms with Gasteiger partial charge >= 0.3 is 0 Å². The summed E-state index contributed by atoms with van der Waals surface area (Å²) in [6, 6.07) is 12.3. The second kappa shape index (κ2) is 6.26. The van der Waals surface area contributed by atoms with E-state index in [0.717, 1.165) is 16.0 Å². The number of hydrogen-bond acceptors (Lipinski definition) is 0. The molecule has 0 saturated heterocycles. The number of rotatable bonds is 2. The first-order valence-corrected chi connectivity index (χ1v) is 6.09. The van der Waals surface area contributed by atoms with Crippen LogP contribution in [-0.2, 0) is 0 Å². The molecule has 0 fully saturated rings. The van der Waals surface area contributed by atoms with Crippen LogP contribution in [0.15, 0.2) is 60.7 Å². The first-order valence-electron chi connectivity index (χ1n) is 5.29. The Morgan fingerprint density at radius 3 is 2.29 bits per heavy atom. The molecule has 0 saturated carbocycles. The Hall–Kier alpha value is -1.54. The molecule has 0 radical (unpaired) electrons. The fourth-order valence-corrected chi connectivity index (χ4v) is 2.44. The van der Waals surface area contributed by atoms with Gasteiger partial charge in [0.05, 0.1) is 4.60 Å². The minimum atomic E-state index is 1.06. The van der Waals surface area contributed by atoms with Crippen LogP contribution in [0.25, 0.3) is 11.8 Å². The molecule has 0 unspecified atom stereocenters. The summed E-state index contributed by atoms with van der Waals surface area (Å²) in [5, 5.41) is 0. The summed E-state index contributed by atoms with van der Waals surface area (Å²) in [4.78, 5) is 0. The number of hydrogen-bond donors (Lipinski definition) is 0. The average Bonchev–Trinajstić information content (AvgIpc) is 2.67. The summed E-state index contributed by atoms with van der Waals surface area (Å²) >= 11 is 3.56. The molecule has 2 rings (SSSR count). The fourth-order valence-electron chi connectivity index (χ4n) is 1.70. The topological polar surface area (TPSA) is 4.93 Å². The Kier molecular flexibility index (Phi) is 4.98. The summed E-state index contributed by atoms with van der Waals surface area (Å²) < 4.78 is 3.20. The number of nitrogens with zero attached hydrogens (tertiary/aromatic N) is 1. The van der Waals surface area contributed by atoms with Gasteiger partial charge in [-0.25, -0.2) is 0 Å². The third kappa shape index (κ3) is 2.77. The van der Waals surface area contributed by atoms with Crippen molar-refractivity contribution in [2.24, 2.45) is 0 Å². The zero-order valence-corrected chi connectivity index (χ0v) is 11.6. The molecule has 0 amide bonds. The van der Waals surface area contributed by atoms with Gasteiger partial charge in [-0.15, -0.1) is 13.2 Å². The predicted octanol–water partition coefficient (Wildman–Crippen LogP) is 4.99. The van der Waals surface area contributed by atoms with Crippen LogP contribution >= 0.6 is 15.9 Å². The lowest BCUT2D eigenvalue weighted by Gasteiger charge is -2.08. The van der Waals surface area contributed by atoms with Crippen LogP contribution in [0.5, 0.6) is 0 Å². The number of para-hydroxylation sites is 1. The number of benzene rings is 1. The van der Waals surface area contributed by atoms with E-state index in [-0.39, 0.29) is 0 Å². The van der Waals surface area contributed by atoms with Crippen LogP contribution in [0.4, 0.5) is 0 Å². The van der Waals surface area contributed by atoms with Gasteiger partial charge in [-0.1, -0.05) is 24.8 Å². The average molecular weight is 290 g/mol. The monoisotopic (exact) mass is 289 g/mol. The molecule has 0 aliphatic heterocycles. The largest absolute Gasteiger partial charge is 0.304 e. The van der Waals surface area contributed by atoms with E-state index in [2.05, 4.69) is 65.4 Å². The molecule has 0 N–H and O–H groups in total. The van der Waals surface area contributed by atoms with Crippen LogP contribution in [-0.4, -0.2) is 4.57 Å². The van der Waals surface area contributed by atoms with Crippen LogP contribution < -0.4 is 0 Å². The zero-order valence-electron chi connectivity index (χ0n) is 9.99. The van der Waals surface area contributed by atoms with E-state index in [4.69, 9.17) is 0 Å². The van der Waals surface area contributed by atoms with E-state index in [1.54, 1.807) is 0 Å². The van der Waals surface area contributed by atoms with E-state index in [1.807, 2.05) is 24.3 Å². The Labute approximate surface area is 111 Å². The molecular formula is C15H16BrN. The molecule has 1 aromatic heterocycles. The van der Waals surface area contributed by atoms with Gasteiger partial charge in [0.2, 0.25) is 0 Å². The number of halogens is 1. The van der Waals surface area contributed by atoms with E-state index in [0.29, 0.717) is 0 Å². The van der Waals surface area contributed by atoms with E-state index >= 15 is 0 Å². The lowest BCUT2D eigenvalue weighted by molar-refractivity contribution is 1.03. The summed E-state index contributed by atoms with van der Waals surface area (Å²) in [5.41, 5.74) is 3.50. The summed E-state index contributed by atoms with van der Waals surface area (Å²) in [5.74, 6) is 0. The van der Waals surface area contributed by atoms with Crippen molar-refractivity contribution in [2.45, 2.75) is 6.92 Å². The maximum absolute atomic E-state index is 3.85. The maximum Gasteiger partial charge on any atom is 0.0899 e. The molecule has 88 valence electrons. The van der Waals surface area contributed by atoms with Crippen LogP contribution in [0, 0.1) is 6.92 Å². The maximum atomic E-state index is 3.85. The van der Waals surface area contributed by atoms with Gasteiger partial charge in [0, 0.05) is 11.4 Å². The third-order valence-corrected chi connectivity index (χ3v) is 2.99. The molecule has 2 heteroatoms. The molecule has 0 aliphatic rings. The lowest BCUT2D eigenvalue weighted by atomic mass is 10.2. The molecule has 1 nitrogen and oxygen atoms in total. The highest BCUT2D eigenvalue weighted by Crippen LogP contribution is 2.25. The van der Waals surface area contributed by atoms with Crippen LogP contribution in [0.1, 0.15) is 11.3 Å². The van der Waals surface area contributed by atoms with Crippen LogP contribution in [0.2, 0.25) is 0 Å². The van der Waals surface area contributed by atoms with Gasteiger partial charge in [-0.05, 0) is 52.7 Å². The Morgan fingerprint density at radius 1 is 1.18 bits per heavy atom. The molecule has 1 heterocycles. The second-order valence-corrected chi connectivity index (χ2v) is 4.22. The fraction of sp³-hybridized carbons (Fsp3) is 0.0667. The highest BCUT2D eigenvalue weighted by molar-refractivity contribution is 9.10. The smallest absolute Gasteiger partial charge is 0.0899 e. The first-order chi connectivity index (χ1) is 8.24. The van der Waals surface area contributed by atoms with Crippen molar-refractivity contribution in [1.82, 2.24) is 4.57 Å². The van der Waals surface area contributed by atoms with E-state index < -0.39 is 0 Å². The molecule has 0 aliphatic carbocycles. The molecule has 2 aromatic rings. The van der Waals surface area contributed by atoms with E-state index in [9.17, 15) is 0 Å². The van der Waals surface area contributed by atoms with Gasteiger partial charge in [0.25, 0.3) is 0 Å². The lowest BCUT2D eigenvalue weighted by Crippen LogP contribution is -1.96. The minimum Gasteiger partial charge on any atom is -0.304 e. The van der Waals surface area contributed by atoms with Crippen molar-refractivity contribution >= 4 is 22.0 Å². The van der Waals surface area contributed by atoms with Gasteiger partial charge in [0.1, 0.15) is 0 Å². The summed E-state index contributed by atoms with van der Waals surface area (Å²) in [6.45, 7) is 11.9. The van der Waals surface area contributed by atoms with Crippen molar-refractivity contribution in [1.29, 1.82) is 0 Å². The van der Waals surface area contributed by atoms with Crippen molar-refractivity contribution < 1.29 is 0 Å². The summed E-state index contributed by atoms with van der Waals surface area (Å²) in [7, 11) is 0. The van der Waals surface area contributed by atoms with Crippen LogP contribution in [0.3, 0.4) is 0 Å². The molecule has 1 aromatic carbocycles. The zero-order chi connectivity index (χ0) is 12.8. The Bertz CT molecular complexity index is 497. The van der Waals surface area contributed by atoms with Crippen molar-refractivity contribution in [3.63, 3.8) is 0 Å². The quantitative estimate of drug-likeness (QED) is 0.686. The molecule has 0 bridgehead atoms. The summed E-state index contributed by atoms with van der Waals surface area (Å²) in [6.07, 6.45) is 1.88. The number of aromatic nitrogens is 1. The van der Waals surface area contributed by atoms with Gasteiger partial charge in [-0.2, -0.15) is 0 Å². The highest BCUT2D eigenvalue weighted by Gasteiger charge is 2.08. The Balaban J connectivity index is 0.000000686. The van der Waals surface area contributed by atoms with Crippen molar-refractivity contribution in [2.75, 3.05) is 0 Å². The molecule has 0 spiro atoms. The highest BCUT2D eigenvalue weighted by atomic mass is 79.9. The molecule has 17 heavy (non-hydrogen) atoms. The third-order valence-electron chi connectivity index (χ3n) is 2.40. The molecule has 0 atom stereocenters. The Morgan fingerprint density at radius 2 is 1.76 bits per heavy atom. The molecular weight excluding hydrogens is 274 g/mol. The predicted molar refractivity (Wildman–Crippen MR) is 79.6 cm³/mol. The number of aryl methyl sites for hydroxylation is 1. The second-order valence-electron chi connectivity index (χ2n) is 3.41. The van der Waals surface area contributed by atoms with E-state index in [1.165, 1.54) is 5.56 Å². The van der Waals surface area contributed by atoms with Gasteiger partial charge in [0.15, 0.2) is 0 Å². The van der Waals surface area contributed by atoms with Gasteiger partial charge in [-0.3, -0.25) is 0 Å². The first kappa shape index (κ1) is 13.5. The normalized spacial score (nSPS) is 9.29. The SMILES string of the molecule is C=C.C=Cc1c(C)cc(Br)n1-c1ccccc1. The van der Waals surface area contributed by atoms with Crippen molar-refractivity contribution in [3.8, 4) is 5.69 Å². The van der Waals surface area contributed by atoms with Gasteiger partial charge < -0.3 is 4.57 Å². The standard InChI is InChI=1S/C13H12BrN.C2H4/c1-3-12-10(2)9-13(14)15(12)11-7-5-4-6-8-11;1-2/h3-9H,1H2,2H3;1-2H2. The van der Waals surface area contributed by atoms with Crippen molar-refractivity contribution in [3.05, 3.63) is 72.0 Å².